The molecule has 1 aromatic rings. The van der Waals surface area contributed by atoms with Gasteiger partial charge in [0.1, 0.15) is 0 Å². The van der Waals surface area contributed by atoms with E-state index in [0.29, 0.717) is 6.04 Å². The van der Waals surface area contributed by atoms with Gasteiger partial charge in [0.15, 0.2) is 0 Å². The summed E-state index contributed by atoms with van der Waals surface area (Å²) in [6, 6.07) is 0.634. The van der Waals surface area contributed by atoms with Gasteiger partial charge < -0.3 is 5.32 Å². The molecule has 0 aliphatic heterocycles. The van der Waals surface area contributed by atoms with Gasteiger partial charge in [-0.2, -0.15) is 5.10 Å². The van der Waals surface area contributed by atoms with Crippen molar-refractivity contribution in [2.24, 2.45) is 7.05 Å². The zero-order valence-electron chi connectivity index (χ0n) is 9.67. The van der Waals surface area contributed by atoms with Gasteiger partial charge in [-0.1, -0.05) is 13.8 Å². The first kappa shape index (κ1) is 11.2. The molecule has 0 saturated carbocycles. The molecule has 14 heavy (non-hydrogen) atoms. The zero-order chi connectivity index (χ0) is 10.6. The molecule has 0 fully saturated rings. The highest BCUT2D eigenvalue weighted by Gasteiger charge is 2.05. The second kappa shape index (κ2) is 5.15. The third-order valence-electron chi connectivity index (χ3n) is 2.68. The SMILES string of the molecule is CCC(CC)NCc1cn(C)nc1C. The van der Waals surface area contributed by atoms with Crippen LogP contribution in [0.5, 0.6) is 0 Å². The molecular weight excluding hydrogens is 174 g/mol. The highest BCUT2D eigenvalue weighted by Crippen LogP contribution is 2.05. The molecule has 0 aromatic carbocycles. The molecule has 80 valence electrons. The number of hydrogen-bond donors (Lipinski definition) is 1. The molecule has 0 spiro atoms. The van der Waals surface area contributed by atoms with Crippen molar-refractivity contribution >= 4 is 0 Å². The molecule has 1 aromatic heterocycles. The lowest BCUT2D eigenvalue weighted by molar-refractivity contribution is 0.483. The van der Waals surface area contributed by atoms with E-state index in [2.05, 4.69) is 37.4 Å². The van der Waals surface area contributed by atoms with Crippen LogP contribution in [0.15, 0.2) is 6.20 Å². The maximum Gasteiger partial charge on any atom is 0.0638 e. The van der Waals surface area contributed by atoms with Crippen molar-refractivity contribution in [3.63, 3.8) is 0 Å². The lowest BCUT2D eigenvalue weighted by Gasteiger charge is -2.13. The fourth-order valence-electron chi connectivity index (χ4n) is 1.65. The van der Waals surface area contributed by atoms with Crippen LogP contribution in [0, 0.1) is 6.92 Å². The van der Waals surface area contributed by atoms with E-state index in [1.54, 1.807) is 0 Å². The molecular formula is C11H21N3. The van der Waals surface area contributed by atoms with Crippen LogP contribution >= 0.6 is 0 Å². The molecule has 0 unspecified atom stereocenters. The summed E-state index contributed by atoms with van der Waals surface area (Å²) < 4.78 is 1.87. The van der Waals surface area contributed by atoms with Gasteiger partial charge in [0.2, 0.25) is 0 Å². The Bertz CT molecular complexity index is 274. The van der Waals surface area contributed by atoms with Crippen molar-refractivity contribution in [2.45, 2.75) is 46.2 Å². The average molecular weight is 195 g/mol. The predicted molar refractivity (Wildman–Crippen MR) is 59.2 cm³/mol. The Kier molecular flexibility index (Phi) is 4.14. The molecule has 0 aliphatic rings. The maximum absolute atomic E-state index is 4.32. The maximum atomic E-state index is 4.32. The fraction of sp³-hybridized carbons (Fsp3) is 0.727. The second-order valence-corrected chi connectivity index (χ2v) is 3.81. The van der Waals surface area contributed by atoms with Crippen LogP contribution in [0.25, 0.3) is 0 Å². The minimum atomic E-state index is 0.634. The van der Waals surface area contributed by atoms with Gasteiger partial charge >= 0.3 is 0 Å². The topological polar surface area (TPSA) is 29.9 Å². The molecule has 0 saturated heterocycles. The third kappa shape index (κ3) is 2.84. The molecule has 0 radical (unpaired) electrons. The van der Waals surface area contributed by atoms with Crippen LogP contribution in [-0.2, 0) is 13.6 Å². The Morgan fingerprint density at radius 1 is 1.43 bits per heavy atom. The van der Waals surface area contributed by atoms with Gasteiger partial charge in [-0.05, 0) is 19.8 Å². The first-order valence-electron chi connectivity index (χ1n) is 5.39. The highest BCUT2D eigenvalue weighted by atomic mass is 15.2. The molecule has 0 atom stereocenters. The summed E-state index contributed by atoms with van der Waals surface area (Å²) in [5.74, 6) is 0. The summed E-state index contributed by atoms with van der Waals surface area (Å²) in [6.07, 6.45) is 4.47. The molecule has 0 aliphatic carbocycles. The van der Waals surface area contributed by atoms with Crippen molar-refractivity contribution in [3.8, 4) is 0 Å². The van der Waals surface area contributed by atoms with E-state index in [-0.39, 0.29) is 0 Å². The van der Waals surface area contributed by atoms with E-state index in [0.717, 1.165) is 12.2 Å². The summed E-state index contributed by atoms with van der Waals surface area (Å²) >= 11 is 0. The smallest absolute Gasteiger partial charge is 0.0638 e. The van der Waals surface area contributed by atoms with E-state index < -0.39 is 0 Å². The number of aromatic nitrogens is 2. The summed E-state index contributed by atoms with van der Waals surface area (Å²) in [4.78, 5) is 0. The molecule has 3 nitrogen and oxygen atoms in total. The molecule has 1 rings (SSSR count). The second-order valence-electron chi connectivity index (χ2n) is 3.81. The molecule has 0 bridgehead atoms. The van der Waals surface area contributed by atoms with Crippen molar-refractivity contribution in [3.05, 3.63) is 17.5 Å². The van der Waals surface area contributed by atoms with Crippen molar-refractivity contribution in [1.29, 1.82) is 0 Å². The minimum Gasteiger partial charge on any atom is -0.310 e. The number of rotatable bonds is 5. The zero-order valence-corrected chi connectivity index (χ0v) is 9.67. The molecule has 0 amide bonds. The normalized spacial score (nSPS) is 11.2. The number of aryl methyl sites for hydroxylation is 2. The van der Waals surface area contributed by atoms with Crippen LogP contribution < -0.4 is 5.32 Å². The van der Waals surface area contributed by atoms with Crippen LogP contribution in [0.2, 0.25) is 0 Å². The van der Waals surface area contributed by atoms with Gasteiger partial charge in [-0.25, -0.2) is 0 Å². The summed E-state index contributed by atoms with van der Waals surface area (Å²) in [7, 11) is 1.97. The van der Waals surface area contributed by atoms with E-state index in [9.17, 15) is 0 Å². The summed E-state index contributed by atoms with van der Waals surface area (Å²) in [6.45, 7) is 7.43. The average Bonchev–Trinajstić information content (AvgIpc) is 2.47. The summed E-state index contributed by atoms with van der Waals surface area (Å²) in [5, 5.41) is 7.85. The molecule has 1 heterocycles. The van der Waals surface area contributed by atoms with Crippen molar-refractivity contribution in [1.82, 2.24) is 15.1 Å². The standard InChI is InChI=1S/C11H21N3/c1-5-11(6-2)12-7-10-8-14(4)13-9(10)3/h8,11-12H,5-7H2,1-4H3. The van der Waals surface area contributed by atoms with Crippen LogP contribution in [-0.4, -0.2) is 15.8 Å². The monoisotopic (exact) mass is 195 g/mol. The Balaban J connectivity index is 2.48. The van der Waals surface area contributed by atoms with Crippen LogP contribution in [0.1, 0.15) is 37.9 Å². The van der Waals surface area contributed by atoms with Crippen LogP contribution in [0.4, 0.5) is 0 Å². The molecule has 1 N–H and O–H groups in total. The predicted octanol–water partition coefficient (Wildman–Crippen LogP) is 2.01. The summed E-state index contributed by atoms with van der Waals surface area (Å²) in [5.41, 5.74) is 2.44. The van der Waals surface area contributed by atoms with Crippen molar-refractivity contribution in [2.75, 3.05) is 0 Å². The third-order valence-corrected chi connectivity index (χ3v) is 2.68. The van der Waals surface area contributed by atoms with E-state index >= 15 is 0 Å². The largest absolute Gasteiger partial charge is 0.310 e. The quantitative estimate of drug-likeness (QED) is 0.779. The Morgan fingerprint density at radius 2 is 2.07 bits per heavy atom. The molecule has 3 heteroatoms. The van der Waals surface area contributed by atoms with E-state index in [1.807, 2.05) is 11.7 Å². The van der Waals surface area contributed by atoms with Gasteiger partial charge in [0.25, 0.3) is 0 Å². The lowest BCUT2D eigenvalue weighted by Crippen LogP contribution is -2.27. The van der Waals surface area contributed by atoms with Gasteiger partial charge in [-0.3, -0.25) is 4.68 Å². The van der Waals surface area contributed by atoms with Crippen molar-refractivity contribution < 1.29 is 0 Å². The lowest BCUT2D eigenvalue weighted by atomic mass is 10.1. The number of nitrogens with one attached hydrogen (secondary N) is 1. The Labute approximate surface area is 86.5 Å². The number of hydrogen-bond acceptors (Lipinski definition) is 2. The van der Waals surface area contributed by atoms with Crippen LogP contribution in [0.3, 0.4) is 0 Å². The fourth-order valence-corrected chi connectivity index (χ4v) is 1.65. The first-order valence-corrected chi connectivity index (χ1v) is 5.39. The minimum absolute atomic E-state index is 0.634. The van der Waals surface area contributed by atoms with Gasteiger partial charge in [-0.15, -0.1) is 0 Å². The van der Waals surface area contributed by atoms with E-state index in [4.69, 9.17) is 0 Å². The highest BCUT2D eigenvalue weighted by molar-refractivity contribution is 5.14. The van der Waals surface area contributed by atoms with Gasteiger partial charge in [0, 0.05) is 31.4 Å². The Hall–Kier alpha value is -0.830. The van der Waals surface area contributed by atoms with E-state index in [1.165, 1.54) is 18.4 Å². The van der Waals surface area contributed by atoms with Gasteiger partial charge in [0.05, 0.1) is 5.69 Å². The number of nitrogens with zero attached hydrogens (tertiary/aromatic N) is 2. The first-order chi connectivity index (χ1) is 6.67. The Morgan fingerprint density at radius 3 is 2.50 bits per heavy atom.